The molecule has 0 spiro atoms. The topological polar surface area (TPSA) is 37.3 Å². The fourth-order valence-corrected chi connectivity index (χ4v) is 2.18. The van der Waals surface area contributed by atoms with E-state index < -0.39 is 5.97 Å². The van der Waals surface area contributed by atoms with Gasteiger partial charge in [-0.3, -0.25) is 4.79 Å². The van der Waals surface area contributed by atoms with E-state index in [1.54, 1.807) is 0 Å². The first-order valence-electron chi connectivity index (χ1n) is 3.58. The molecule has 64 valence electrons. The first-order chi connectivity index (χ1) is 4.72. The second-order valence-corrected chi connectivity index (χ2v) is 3.92. The first-order valence-corrected chi connectivity index (χ1v) is 4.50. The van der Waals surface area contributed by atoms with Crippen molar-refractivity contribution in [3.8, 4) is 0 Å². The van der Waals surface area contributed by atoms with Crippen molar-refractivity contribution in [3.05, 3.63) is 0 Å². The molecule has 1 saturated carbocycles. The number of carboxylic acid groups (broad SMARTS) is 1. The summed E-state index contributed by atoms with van der Waals surface area (Å²) in [5.41, 5.74) is 0. The van der Waals surface area contributed by atoms with Crippen molar-refractivity contribution < 1.29 is 9.90 Å². The maximum atomic E-state index is 10.5. The molecule has 1 aliphatic rings. The maximum absolute atomic E-state index is 10.5. The first kappa shape index (κ1) is 11.8. The quantitative estimate of drug-likeness (QED) is 0.726. The molecule has 1 aliphatic carbocycles. The predicted molar refractivity (Wildman–Crippen MR) is 52.2 cm³/mol. The summed E-state index contributed by atoms with van der Waals surface area (Å²) in [5, 5.41) is 8.68. The van der Waals surface area contributed by atoms with Gasteiger partial charge >= 0.3 is 31.8 Å². The summed E-state index contributed by atoms with van der Waals surface area (Å²) in [6.45, 7) is 0. The summed E-state index contributed by atoms with van der Waals surface area (Å²) in [6.07, 6.45) is 4.08. The van der Waals surface area contributed by atoms with Gasteiger partial charge in [-0.1, -0.05) is 28.8 Å². The van der Waals surface area contributed by atoms with Crippen molar-refractivity contribution in [2.45, 2.75) is 30.5 Å². The Hall–Kier alpha value is 0.820. The molecular formula is C7H14BrInO2. The molecule has 0 aromatic rings. The summed E-state index contributed by atoms with van der Waals surface area (Å²) >= 11 is 3.37. The minimum absolute atomic E-state index is 0. The van der Waals surface area contributed by atoms with Crippen molar-refractivity contribution in [1.82, 2.24) is 0 Å². The molecular weight excluding hydrogens is 311 g/mol. The van der Waals surface area contributed by atoms with Gasteiger partial charge in [-0.05, 0) is 12.8 Å². The van der Waals surface area contributed by atoms with Gasteiger partial charge in [0.05, 0.1) is 5.92 Å². The molecule has 0 heterocycles. The monoisotopic (exact) mass is 324 g/mol. The van der Waals surface area contributed by atoms with E-state index in [0.29, 0.717) is 0 Å². The minimum atomic E-state index is -0.651. The zero-order valence-corrected chi connectivity index (χ0v) is 7.30. The van der Waals surface area contributed by atoms with E-state index in [2.05, 4.69) is 15.9 Å². The Bertz CT molecular complexity index is 140. The molecule has 0 amide bonds. The van der Waals surface area contributed by atoms with Gasteiger partial charge in [0.15, 0.2) is 0 Å². The van der Waals surface area contributed by atoms with Crippen molar-refractivity contribution in [2.75, 3.05) is 0 Å². The third-order valence-electron chi connectivity index (χ3n) is 2.00. The molecule has 0 aliphatic heterocycles. The molecule has 0 aromatic heterocycles. The third-order valence-corrected chi connectivity index (χ3v) is 3.09. The standard InChI is InChI=1S/C7H11BrO2.In.3H/c8-6-4-2-1-3-5(6)7(9)10;;;;/h5-6H,1-4H2,(H,9,10);;;;. The van der Waals surface area contributed by atoms with Crippen LogP contribution in [0.25, 0.3) is 0 Å². The number of halogens is 1. The summed E-state index contributed by atoms with van der Waals surface area (Å²) in [7, 11) is 0. The van der Waals surface area contributed by atoms with Crippen LogP contribution in [0.5, 0.6) is 0 Å². The normalized spacial score (nSPS) is 30.6. The van der Waals surface area contributed by atoms with Crippen LogP contribution < -0.4 is 0 Å². The molecule has 0 saturated heterocycles. The Kier molecular flexibility index (Phi) is 5.87. The van der Waals surface area contributed by atoms with Crippen molar-refractivity contribution >= 4 is 47.7 Å². The van der Waals surface area contributed by atoms with Crippen molar-refractivity contribution in [1.29, 1.82) is 0 Å². The summed E-state index contributed by atoms with van der Waals surface area (Å²) in [6, 6.07) is 0. The zero-order chi connectivity index (χ0) is 7.56. The number of carboxylic acids is 1. The molecule has 0 bridgehead atoms. The van der Waals surface area contributed by atoms with E-state index in [1.807, 2.05) is 0 Å². The van der Waals surface area contributed by atoms with Gasteiger partial charge in [0.1, 0.15) is 0 Å². The number of hydrogen-bond donors (Lipinski definition) is 1. The SMILES string of the molecule is O=C(O)C1CCCCC1Br.[InH3]. The fraction of sp³-hybridized carbons (Fsp3) is 0.857. The molecule has 2 nitrogen and oxygen atoms in total. The van der Waals surface area contributed by atoms with E-state index >= 15 is 0 Å². The van der Waals surface area contributed by atoms with E-state index in [-0.39, 0.29) is 36.6 Å². The Morgan fingerprint density at radius 1 is 1.36 bits per heavy atom. The van der Waals surface area contributed by atoms with E-state index in [9.17, 15) is 4.79 Å². The fourth-order valence-electron chi connectivity index (χ4n) is 1.36. The molecule has 1 fully saturated rings. The Balaban J connectivity index is 0.000001000. The predicted octanol–water partition coefficient (Wildman–Crippen LogP) is 0.841. The Morgan fingerprint density at radius 3 is 2.27 bits per heavy atom. The van der Waals surface area contributed by atoms with Crippen LogP contribution in [0.15, 0.2) is 0 Å². The summed E-state index contributed by atoms with van der Waals surface area (Å²) in [4.78, 5) is 10.7. The van der Waals surface area contributed by atoms with Crippen LogP contribution in [0.4, 0.5) is 0 Å². The molecule has 2 unspecified atom stereocenters. The molecule has 4 heteroatoms. The molecule has 2 atom stereocenters. The van der Waals surface area contributed by atoms with Gasteiger partial charge in [0.25, 0.3) is 0 Å². The van der Waals surface area contributed by atoms with Gasteiger partial charge in [0, 0.05) is 4.83 Å². The number of rotatable bonds is 1. The van der Waals surface area contributed by atoms with Crippen molar-refractivity contribution in [2.24, 2.45) is 5.92 Å². The van der Waals surface area contributed by atoms with E-state index in [4.69, 9.17) is 5.11 Å². The molecule has 11 heavy (non-hydrogen) atoms. The van der Waals surface area contributed by atoms with Crippen LogP contribution in [-0.4, -0.2) is 41.7 Å². The third kappa shape index (κ3) is 3.36. The van der Waals surface area contributed by atoms with Crippen LogP contribution in [0.1, 0.15) is 25.7 Å². The number of hydrogen-bond acceptors (Lipinski definition) is 1. The molecule has 0 radical (unpaired) electrons. The van der Waals surface area contributed by atoms with Crippen LogP contribution in [0.3, 0.4) is 0 Å². The zero-order valence-electron chi connectivity index (χ0n) is 5.72. The van der Waals surface area contributed by atoms with E-state index in [1.165, 1.54) is 6.42 Å². The van der Waals surface area contributed by atoms with Crippen LogP contribution in [-0.2, 0) is 4.79 Å². The molecule has 1 N–H and O–H groups in total. The second kappa shape index (κ2) is 5.46. The second-order valence-electron chi connectivity index (χ2n) is 2.75. The van der Waals surface area contributed by atoms with Gasteiger partial charge in [0.2, 0.25) is 0 Å². The molecule has 0 aromatic carbocycles. The van der Waals surface area contributed by atoms with Crippen LogP contribution in [0, 0.1) is 5.92 Å². The van der Waals surface area contributed by atoms with Crippen LogP contribution >= 0.6 is 15.9 Å². The Morgan fingerprint density at radius 2 is 1.91 bits per heavy atom. The average molecular weight is 325 g/mol. The molecule has 1 rings (SSSR count). The van der Waals surface area contributed by atoms with Gasteiger partial charge < -0.3 is 5.11 Å². The number of carbonyl (C=O) groups is 1. The van der Waals surface area contributed by atoms with Gasteiger partial charge in [-0.15, -0.1) is 0 Å². The average Bonchev–Trinajstić information content (AvgIpc) is 1.88. The van der Waals surface area contributed by atoms with Gasteiger partial charge in [-0.25, -0.2) is 0 Å². The van der Waals surface area contributed by atoms with E-state index in [0.717, 1.165) is 19.3 Å². The number of aliphatic carboxylic acids is 1. The Labute approximate surface area is 93.7 Å². The van der Waals surface area contributed by atoms with Crippen LogP contribution in [0.2, 0.25) is 0 Å². The van der Waals surface area contributed by atoms with Crippen molar-refractivity contribution in [3.63, 3.8) is 0 Å². The van der Waals surface area contributed by atoms with Gasteiger partial charge in [-0.2, -0.15) is 0 Å². The summed E-state index contributed by atoms with van der Waals surface area (Å²) < 4.78 is 0. The number of alkyl halides is 1. The summed E-state index contributed by atoms with van der Waals surface area (Å²) in [5.74, 6) is -0.796.